The Morgan fingerprint density at radius 2 is 1.72 bits per heavy atom. The molecule has 1 heterocycles. The number of nitrogens with zero attached hydrogens (tertiary/aromatic N) is 2. The van der Waals surface area contributed by atoms with Crippen molar-refractivity contribution in [3.63, 3.8) is 0 Å². The predicted octanol–water partition coefficient (Wildman–Crippen LogP) is 3.32. The average molecular weight is 405 g/mol. The summed E-state index contributed by atoms with van der Waals surface area (Å²) in [6.45, 7) is 0. The SMILES string of the molecule is COc1ccc(N2C(=O)NC(=O)[C@@H](C=Nc3ccccc3C(F)(F)F)C2=O)cc1. The van der Waals surface area contributed by atoms with E-state index in [1.807, 2.05) is 5.32 Å². The number of methoxy groups -OCH3 is 1. The third-order valence-electron chi connectivity index (χ3n) is 4.10. The Balaban J connectivity index is 1.91. The summed E-state index contributed by atoms with van der Waals surface area (Å²) in [5.74, 6) is -3.00. The maximum absolute atomic E-state index is 13.1. The molecule has 10 heteroatoms. The minimum atomic E-state index is -4.65. The molecule has 1 saturated heterocycles. The van der Waals surface area contributed by atoms with Gasteiger partial charge in [0.05, 0.1) is 24.0 Å². The van der Waals surface area contributed by atoms with Crippen LogP contribution in [-0.2, 0) is 15.8 Å². The molecule has 0 saturated carbocycles. The second kappa shape index (κ2) is 7.74. The predicted molar refractivity (Wildman–Crippen MR) is 97.1 cm³/mol. The third kappa shape index (κ3) is 4.10. The van der Waals surface area contributed by atoms with Crippen LogP contribution >= 0.6 is 0 Å². The van der Waals surface area contributed by atoms with Gasteiger partial charge in [-0.05, 0) is 36.4 Å². The van der Waals surface area contributed by atoms with Crippen molar-refractivity contribution < 1.29 is 32.3 Å². The zero-order valence-electron chi connectivity index (χ0n) is 14.9. The Bertz CT molecular complexity index is 987. The lowest BCUT2D eigenvalue weighted by molar-refractivity contribution is -0.137. The highest BCUT2D eigenvalue weighted by Crippen LogP contribution is 2.36. The summed E-state index contributed by atoms with van der Waals surface area (Å²) in [4.78, 5) is 41.3. The molecule has 4 amide bonds. The van der Waals surface area contributed by atoms with E-state index in [-0.39, 0.29) is 5.69 Å². The summed E-state index contributed by atoms with van der Waals surface area (Å²) in [6, 6.07) is 9.40. The number of carbonyl (C=O) groups excluding carboxylic acids is 3. The number of hydrogen-bond donors (Lipinski definition) is 1. The molecule has 1 fully saturated rings. The molecule has 3 rings (SSSR count). The lowest BCUT2D eigenvalue weighted by Crippen LogP contribution is -2.58. The van der Waals surface area contributed by atoms with Gasteiger partial charge >= 0.3 is 12.2 Å². The van der Waals surface area contributed by atoms with Crippen molar-refractivity contribution in [2.45, 2.75) is 6.18 Å². The number of nitrogens with one attached hydrogen (secondary N) is 1. The molecule has 1 aliphatic rings. The second-order valence-corrected chi connectivity index (χ2v) is 5.94. The fraction of sp³-hybridized carbons (Fsp3) is 0.158. The number of alkyl halides is 3. The van der Waals surface area contributed by atoms with Gasteiger partial charge in [0, 0.05) is 6.21 Å². The summed E-state index contributed by atoms with van der Waals surface area (Å²) >= 11 is 0. The van der Waals surface area contributed by atoms with Gasteiger partial charge < -0.3 is 4.74 Å². The molecule has 0 radical (unpaired) electrons. The van der Waals surface area contributed by atoms with E-state index in [1.54, 1.807) is 0 Å². The second-order valence-electron chi connectivity index (χ2n) is 5.94. The molecule has 0 aliphatic carbocycles. The Kier molecular flexibility index (Phi) is 5.35. The van der Waals surface area contributed by atoms with Gasteiger partial charge in [-0.2, -0.15) is 13.2 Å². The van der Waals surface area contributed by atoms with E-state index in [0.717, 1.165) is 18.3 Å². The quantitative estimate of drug-likeness (QED) is 0.625. The molecule has 0 aromatic heterocycles. The molecule has 0 spiro atoms. The first kappa shape index (κ1) is 20.1. The zero-order valence-corrected chi connectivity index (χ0v) is 14.9. The number of aliphatic imine (C=N–C) groups is 1. The van der Waals surface area contributed by atoms with Crippen molar-refractivity contribution in [3.8, 4) is 5.75 Å². The minimum Gasteiger partial charge on any atom is -0.497 e. The van der Waals surface area contributed by atoms with Crippen LogP contribution in [0.5, 0.6) is 5.75 Å². The molecular formula is C19H14F3N3O4. The number of barbiturate groups is 1. The fourth-order valence-electron chi connectivity index (χ4n) is 2.68. The van der Waals surface area contributed by atoms with Crippen molar-refractivity contribution in [3.05, 3.63) is 54.1 Å². The maximum Gasteiger partial charge on any atom is 0.418 e. The van der Waals surface area contributed by atoms with Gasteiger partial charge in [0.25, 0.3) is 5.91 Å². The van der Waals surface area contributed by atoms with E-state index in [4.69, 9.17) is 4.74 Å². The standard InChI is InChI=1S/C19H14F3N3O4/c1-29-12-8-6-11(7-9-12)25-17(27)13(16(26)24-18(25)28)10-23-15-5-3-2-4-14(15)19(20,21)22/h2-10,13H,1H3,(H,24,26,28)/t13-/m1/s1. The van der Waals surface area contributed by atoms with Crippen molar-refractivity contribution in [2.24, 2.45) is 10.9 Å². The average Bonchev–Trinajstić information content (AvgIpc) is 2.67. The molecule has 2 aromatic carbocycles. The molecule has 0 bridgehead atoms. The van der Waals surface area contributed by atoms with E-state index in [9.17, 15) is 27.6 Å². The van der Waals surface area contributed by atoms with Crippen LogP contribution in [0, 0.1) is 5.92 Å². The van der Waals surface area contributed by atoms with Gasteiger partial charge in [0.2, 0.25) is 5.91 Å². The molecule has 29 heavy (non-hydrogen) atoms. The highest BCUT2D eigenvalue weighted by Gasteiger charge is 2.40. The van der Waals surface area contributed by atoms with Crippen molar-refractivity contribution in [1.29, 1.82) is 0 Å². The summed E-state index contributed by atoms with van der Waals surface area (Å²) in [6.07, 6.45) is -3.86. The number of ether oxygens (including phenoxy) is 1. The Morgan fingerprint density at radius 3 is 2.34 bits per heavy atom. The Hall–Kier alpha value is -3.69. The van der Waals surface area contributed by atoms with Gasteiger partial charge in [-0.3, -0.25) is 19.9 Å². The van der Waals surface area contributed by atoms with Crippen molar-refractivity contribution in [1.82, 2.24) is 5.32 Å². The summed E-state index contributed by atoms with van der Waals surface area (Å²) < 4.78 is 44.2. The highest BCUT2D eigenvalue weighted by atomic mass is 19.4. The first-order valence-corrected chi connectivity index (χ1v) is 8.25. The molecule has 1 aliphatic heterocycles. The van der Waals surface area contributed by atoms with Crippen LogP contribution in [0.15, 0.2) is 53.5 Å². The van der Waals surface area contributed by atoms with Gasteiger partial charge in [0.1, 0.15) is 5.75 Å². The Labute approximate surface area is 162 Å². The lowest BCUT2D eigenvalue weighted by atomic mass is 10.1. The first-order chi connectivity index (χ1) is 13.7. The number of benzene rings is 2. The normalized spacial score (nSPS) is 17.6. The number of imide groups is 2. The van der Waals surface area contributed by atoms with Gasteiger partial charge in [-0.25, -0.2) is 9.69 Å². The molecule has 1 atom stereocenters. The summed E-state index contributed by atoms with van der Waals surface area (Å²) in [7, 11) is 1.44. The number of halogens is 3. The van der Waals surface area contributed by atoms with E-state index in [0.29, 0.717) is 10.6 Å². The van der Waals surface area contributed by atoms with Crippen LogP contribution in [0.2, 0.25) is 0 Å². The van der Waals surface area contributed by atoms with Gasteiger partial charge in [-0.15, -0.1) is 0 Å². The summed E-state index contributed by atoms with van der Waals surface area (Å²) in [5.41, 5.74) is -1.30. The number of hydrogen-bond acceptors (Lipinski definition) is 5. The number of urea groups is 1. The van der Waals surface area contributed by atoms with Crippen molar-refractivity contribution in [2.75, 3.05) is 12.0 Å². The van der Waals surface area contributed by atoms with Crippen LogP contribution in [-0.4, -0.2) is 31.2 Å². The third-order valence-corrected chi connectivity index (χ3v) is 4.10. The first-order valence-electron chi connectivity index (χ1n) is 8.25. The topological polar surface area (TPSA) is 88.1 Å². The highest BCUT2D eigenvalue weighted by molar-refractivity contribution is 6.32. The molecular weight excluding hydrogens is 391 g/mol. The van der Waals surface area contributed by atoms with E-state index < -0.39 is 41.2 Å². The van der Waals surface area contributed by atoms with Gasteiger partial charge in [0.15, 0.2) is 5.92 Å². The monoisotopic (exact) mass is 405 g/mol. The number of rotatable bonds is 4. The number of anilines is 1. The molecule has 150 valence electrons. The van der Waals surface area contributed by atoms with Crippen LogP contribution in [0.4, 0.5) is 29.3 Å². The number of amides is 4. The number of carbonyl (C=O) groups is 3. The largest absolute Gasteiger partial charge is 0.497 e. The van der Waals surface area contributed by atoms with E-state index in [2.05, 4.69) is 4.99 Å². The summed E-state index contributed by atoms with van der Waals surface area (Å²) in [5, 5.41) is 2.00. The number of para-hydroxylation sites is 1. The fourth-order valence-corrected chi connectivity index (χ4v) is 2.68. The Morgan fingerprint density at radius 1 is 1.07 bits per heavy atom. The zero-order chi connectivity index (χ0) is 21.2. The molecule has 7 nitrogen and oxygen atoms in total. The molecule has 2 aromatic rings. The van der Waals surface area contributed by atoms with Crippen LogP contribution in [0.25, 0.3) is 0 Å². The maximum atomic E-state index is 13.1. The molecule has 0 unspecified atom stereocenters. The van der Waals surface area contributed by atoms with Crippen molar-refractivity contribution >= 4 is 35.4 Å². The lowest BCUT2D eigenvalue weighted by Gasteiger charge is -2.28. The van der Waals surface area contributed by atoms with E-state index in [1.165, 1.54) is 43.5 Å². The molecule has 1 N–H and O–H groups in total. The van der Waals surface area contributed by atoms with Gasteiger partial charge in [-0.1, -0.05) is 12.1 Å². The van der Waals surface area contributed by atoms with E-state index >= 15 is 0 Å². The van der Waals surface area contributed by atoms with Crippen LogP contribution in [0.3, 0.4) is 0 Å². The van der Waals surface area contributed by atoms with Crippen LogP contribution < -0.4 is 15.0 Å². The smallest absolute Gasteiger partial charge is 0.418 e. The minimum absolute atomic E-state index is 0.162. The van der Waals surface area contributed by atoms with Crippen LogP contribution in [0.1, 0.15) is 5.56 Å².